The minimum atomic E-state index is 0.00969. The molecule has 0 unspecified atom stereocenters. The van der Waals surface area contributed by atoms with E-state index in [4.69, 9.17) is 4.74 Å². The summed E-state index contributed by atoms with van der Waals surface area (Å²) in [6, 6.07) is 0. The summed E-state index contributed by atoms with van der Waals surface area (Å²) in [5.74, 6) is 0.927. The minimum Gasteiger partial charge on any atom is -0.501 e. The minimum absolute atomic E-state index is 0.00969. The molecule has 78 valence electrons. The third-order valence-corrected chi connectivity index (χ3v) is 4.39. The van der Waals surface area contributed by atoms with Crippen molar-refractivity contribution in [2.24, 2.45) is 10.8 Å². The van der Waals surface area contributed by atoms with E-state index in [1.807, 2.05) is 0 Å². The first-order valence-corrected chi connectivity index (χ1v) is 5.36. The molecule has 3 saturated carbocycles. The van der Waals surface area contributed by atoms with E-state index in [1.165, 1.54) is 6.29 Å². The van der Waals surface area contributed by atoms with Gasteiger partial charge in [-0.15, -0.1) is 0 Å². The maximum Gasteiger partial charge on any atom is 0.126 e. The molecule has 0 saturated heterocycles. The van der Waals surface area contributed by atoms with E-state index >= 15 is 0 Å². The summed E-state index contributed by atoms with van der Waals surface area (Å²) in [4.78, 5) is 11.0. The smallest absolute Gasteiger partial charge is 0.126 e. The van der Waals surface area contributed by atoms with Gasteiger partial charge in [0.2, 0.25) is 0 Å². The third-order valence-electron chi connectivity index (χ3n) is 4.39. The highest BCUT2D eigenvalue weighted by molar-refractivity contribution is 5.60. The topological polar surface area (TPSA) is 26.3 Å². The molecule has 2 heteroatoms. The summed E-state index contributed by atoms with van der Waals surface area (Å²) in [5.41, 5.74) is 0.204. The van der Waals surface area contributed by atoms with Crippen molar-refractivity contribution in [2.75, 3.05) is 7.11 Å². The van der Waals surface area contributed by atoms with Crippen molar-refractivity contribution in [1.82, 2.24) is 0 Å². The van der Waals surface area contributed by atoms with E-state index in [1.54, 1.807) is 7.11 Å². The summed E-state index contributed by atoms with van der Waals surface area (Å²) in [6.45, 7) is 4.00. The lowest BCUT2D eigenvalue weighted by Crippen LogP contribution is -2.43. The van der Waals surface area contributed by atoms with Gasteiger partial charge in [0.15, 0.2) is 0 Å². The number of aldehydes is 1. The van der Waals surface area contributed by atoms with E-state index in [9.17, 15) is 4.79 Å². The molecule has 0 radical (unpaired) electrons. The molecule has 3 rings (SSSR count). The van der Waals surface area contributed by atoms with Gasteiger partial charge in [0.25, 0.3) is 0 Å². The molecule has 0 amide bonds. The first-order valence-electron chi connectivity index (χ1n) is 5.36. The highest BCUT2D eigenvalue weighted by atomic mass is 16.5. The van der Waals surface area contributed by atoms with Crippen molar-refractivity contribution in [2.45, 2.75) is 38.5 Å². The number of fused-ring (bicyclic) bond motifs is 3. The number of rotatable bonds is 3. The monoisotopic (exact) mass is 194 g/mol. The predicted octanol–water partition coefficient (Wildman–Crippen LogP) is 2.69. The van der Waals surface area contributed by atoms with Gasteiger partial charge in [-0.3, -0.25) is 0 Å². The van der Waals surface area contributed by atoms with Gasteiger partial charge >= 0.3 is 0 Å². The molecule has 0 aromatic carbocycles. The van der Waals surface area contributed by atoms with Crippen LogP contribution in [0.1, 0.15) is 38.5 Å². The fourth-order valence-corrected chi connectivity index (χ4v) is 3.03. The Morgan fingerprint density at radius 1 is 1.21 bits per heavy atom. The van der Waals surface area contributed by atoms with Crippen LogP contribution in [0, 0.1) is 10.8 Å². The lowest BCUT2D eigenvalue weighted by Gasteiger charge is -2.51. The van der Waals surface area contributed by atoms with Crippen molar-refractivity contribution in [3.63, 3.8) is 0 Å². The molecule has 2 bridgehead atoms. The van der Waals surface area contributed by atoms with Crippen molar-refractivity contribution in [3.8, 4) is 0 Å². The molecule has 0 spiro atoms. The van der Waals surface area contributed by atoms with Gasteiger partial charge < -0.3 is 9.53 Å². The second-order valence-electron chi connectivity index (χ2n) is 4.89. The zero-order valence-electron chi connectivity index (χ0n) is 8.84. The van der Waals surface area contributed by atoms with Crippen LogP contribution in [0.2, 0.25) is 0 Å². The number of hydrogen-bond donors (Lipinski definition) is 0. The van der Waals surface area contributed by atoms with Gasteiger partial charge in [-0.05, 0) is 38.5 Å². The molecule has 3 fully saturated rings. The van der Waals surface area contributed by atoms with Gasteiger partial charge in [-0.1, -0.05) is 6.58 Å². The lowest BCUT2D eigenvalue weighted by molar-refractivity contribution is -0.124. The number of ether oxygens (including phenoxy) is 1. The standard InChI is InChI=1S/C12H18O2/c1-10(14-2)12-6-3-11(9-13,4-7-12)5-8-12/h9H,1,3-8H2,2H3. The quantitative estimate of drug-likeness (QED) is 0.510. The highest BCUT2D eigenvalue weighted by Gasteiger charge is 2.50. The molecular weight excluding hydrogens is 176 g/mol. The van der Waals surface area contributed by atoms with Crippen LogP contribution in [0.4, 0.5) is 0 Å². The lowest BCUT2D eigenvalue weighted by atomic mass is 9.54. The predicted molar refractivity (Wildman–Crippen MR) is 54.8 cm³/mol. The summed E-state index contributed by atoms with van der Waals surface area (Å²) in [6.07, 6.45) is 7.51. The number of allylic oxidation sites excluding steroid dienone is 1. The van der Waals surface area contributed by atoms with E-state index in [-0.39, 0.29) is 10.8 Å². The molecule has 0 aromatic heterocycles. The van der Waals surface area contributed by atoms with Crippen LogP contribution in [0.5, 0.6) is 0 Å². The number of carbonyl (C=O) groups excluding carboxylic acids is 1. The van der Waals surface area contributed by atoms with E-state index in [2.05, 4.69) is 6.58 Å². The SMILES string of the molecule is C=C(OC)C12CCC(C=O)(CC1)CC2. The Kier molecular flexibility index (Phi) is 2.17. The van der Waals surface area contributed by atoms with E-state index in [0.717, 1.165) is 44.3 Å². The Labute approximate surface area is 85.3 Å². The summed E-state index contributed by atoms with van der Waals surface area (Å²) >= 11 is 0. The molecule has 0 atom stereocenters. The van der Waals surface area contributed by atoms with Crippen LogP contribution >= 0.6 is 0 Å². The van der Waals surface area contributed by atoms with Crippen LogP contribution in [-0.4, -0.2) is 13.4 Å². The summed E-state index contributed by atoms with van der Waals surface area (Å²) in [5, 5.41) is 0. The first-order chi connectivity index (χ1) is 6.66. The van der Waals surface area contributed by atoms with Crippen LogP contribution in [0.25, 0.3) is 0 Å². The molecule has 3 aliphatic carbocycles. The average molecular weight is 194 g/mol. The second kappa shape index (κ2) is 3.11. The fraction of sp³-hybridized carbons (Fsp3) is 0.750. The molecule has 0 N–H and O–H groups in total. The average Bonchev–Trinajstić information content (AvgIpc) is 2.30. The molecule has 3 aliphatic rings. The summed E-state index contributed by atoms with van der Waals surface area (Å²) < 4.78 is 5.29. The van der Waals surface area contributed by atoms with Crippen LogP contribution in [-0.2, 0) is 9.53 Å². The first kappa shape index (κ1) is 9.75. The molecule has 0 heterocycles. The van der Waals surface area contributed by atoms with E-state index in [0.29, 0.717) is 0 Å². The number of hydrogen-bond acceptors (Lipinski definition) is 2. The van der Waals surface area contributed by atoms with Crippen molar-refractivity contribution < 1.29 is 9.53 Å². The Morgan fingerprint density at radius 2 is 1.71 bits per heavy atom. The maximum atomic E-state index is 11.0. The van der Waals surface area contributed by atoms with Crippen LogP contribution < -0.4 is 0 Å². The van der Waals surface area contributed by atoms with Crippen molar-refractivity contribution in [3.05, 3.63) is 12.3 Å². The van der Waals surface area contributed by atoms with Crippen molar-refractivity contribution >= 4 is 6.29 Å². The zero-order valence-corrected chi connectivity index (χ0v) is 8.84. The Morgan fingerprint density at radius 3 is 2.07 bits per heavy atom. The number of carbonyl (C=O) groups is 1. The van der Waals surface area contributed by atoms with Crippen molar-refractivity contribution in [1.29, 1.82) is 0 Å². The Bertz CT molecular complexity index is 243. The molecule has 0 aliphatic heterocycles. The van der Waals surface area contributed by atoms with Gasteiger partial charge in [-0.2, -0.15) is 0 Å². The van der Waals surface area contributed by atoms with Gasteiger partial charge in [-0.25, -0.2) is 0 Å². The maximum absolute atomic E-state index is 11.0. The second-order valence-corrected chi connectivity index (χ2v) is 4.89. The molecular formula is C12H18O2. The highest BCUT2D eigenvalue weighted by Crippen LogP contribution is 2.58. The van der Waals surface area contributed by atoms with Crippen LogP contribution in [0.3, 0.4) is 0 Å². The molecule has 0 aromatic rings. The number of methoxy groups -OCH3 is 1. The molecule has 2 nitrogen and oxygen atoms in total. The van der Waals surface area contributed by atoms with Crippen LogP contribution in [0.15, 0.2) is 12.3 Å². The van der Waals surface area contributed by atoms with Gasteiger partial charge in [0.1, 0.15) is 6.29 Å². The largest absolute Gasteiger partial charge is 0.501 e. The zero-order chi connectivity index (χ0) is 10.2. The van der Waals surface area contributed by atoms with E-state index < -0.39 is 0 Å². The Balaban J connectivity index is 2.16. The fourth-order valence-electron chi connectivity index (χ4n) is 3.03. The summed E-state index contributed by atoms with van der Waals surface area (Å²) in [7, 11) is 1.70. The third kappa shape index (κ3) is 1.20. The molecule has 14 heavy (non-hydrogen) atoms. The normalized spacial score (nSPS) is 40.6. The Hall–Kier alpha value is -0.790. The van der Waals surface area contributed by atoms with Gasteiger partial charge in [0.05, 0.1) is 12.9 Å². The van der Waals surface area contributed by atoms with Gasteiger partial charge in [0, 0.05) is 10.8 Å².